The highest BCUT2D eigenvalue weighted by atomic mass is 35.5. The summed E-state index contributed by atoms with van der Waals surface area (Å²) in [5.74, 6) is -0.635. The molecule has 0 unspecified atom stereocenters. The van der Waals surface area contributed by atoms with Gasteiger partial charge in [0.1, 0.15) is 5.82 Å². The summed E-state index contributed by atoms with van der Waals surface area (Å²) in [6, 6.07) is 9.85. The quantitative estimate of drug-likeness (QED) is 0.559. The minimum Gasteiger partial charge on any atom is -0.345 e. The van der Waals surface area contributed by atoms with Crippen molar-refractivity contribution >= 4 is 38.1 Å². The van der Waals surface area contributed by atoms with Gasteiger partial charge in [-0.3, -0.25) is 0 Å². The van der Waals surface area contributed by atoms with E-state index in [-0.39, 0.29) is 9.92 Å². The molecule has 30 heavy (non-hydrogen) atoms. The van der Waals surface area contributed by atoms with Gasteiger partial charge in [0, 0.05) is 37.1 Å². The monoisotopic (exact) mass is 465 g/mol. The maximum absolute atomic E-state index is 13.4. The first-order valence-corrected chi connectivity index (χ1v) is 12.2. The Balaban J connectivity index is 1.47. The lowest BCUT2D eigenvalue weighted by molar-refractivity contribution is 0.384. The van der Waals surface area contributed by atoms with Gasteiger partial charge < -0.3 is 4.90 Å². The van der Waals surface area contributed by atoms with Crippen LogP contribution in [0.5, 0.6) is 0 Å². The number of benzene rings is 2. The molecule has 9 heteroatoms. The summed E-state index contributed by atoms with van der Waals surface area (Å²) in [6.07, 6.45) is 0. The summed E-state index contributed by atoms with van der Waals surface area (Å²) in [4.78, 5) is 6.88. The third-order valence-electron chi connectivity index (χ3n) is 5.05. The Labute approximate surface area is 184 Å². The molecule has 0 saturated carbocycles. The fourth-order valence-corrected chi connectivity index (χ4v) is 6.15. The third kappa shape index (κ3) is 4.23. The maximum atomic E-state index is 13.4. The van der Waals surface area contributed by atoms with E-state index < -0.39 is 15.8 Å². The minimum atomic E-state index is -3.72. The van der Waals surface area contributed by atoms with Crippen molar-refractivity contribution in [2.75, 3.05) is 31.1 Å². The largest absolute Gasteiger partial charge is 0.345 e. The summed E-state index contributed by atoms with van der Waals surface area (Å²) in [7, 11) is -3.72. The van der Waals surface area contributed by atoms with Crippen LogP contribution in [0, 0.1) is 19.7 Å². The molecule has 0 amide bonds. The molecule has 1 aliphatic heterocycles. The first-order chi connectivity index (χ1) is 14.2. The molecule has 1 aliphatic rings. The smallest absolute Gasteiger partial charge is 0.243 e. The van der Waals surface area contributed by atoms with E-state index in [1.54, 1.807) is 11.3 Å². The van der Waals surface area contributed by atoms with E-state index in [0.29, 0.717) is 26.2 Å². The highest BCUT2D eigenvalue weighted by Gasteiger charge is 2.30. The molecule has 0 radical (unpaired) electrons. The Hall–Kier alpha value is -2.00. The van der Waals surface area contributed by atoms with Crippen molar-refractivity contribution in [1.29, 1.82) is 0 Å². The van der Waals surface area contributed by atoms with Crippen molar-refractivity contribution < 1.29 is 12.8 Å². The number of piperazine rings is 1. The number of thiazole rings is 1. The normalized spacial score (nSPS) is 15.5. The Morgan fingerprint density at radius 1 is 1.03 bits per heavy atom. The van der Waals surface area contributed by atoms with Crippen molar-refractivity contribution in [3.8, 4) is 11.3 Å². The van der Waals surface area contributed by atoms with Gasteiger partial charge in [0.25, 0.3) is 0 Å². The average Bonchev–Trinajstić information content (AvgIpc) is 3.20. The summed E-state index contributed by atoms with van der Waals surface area (Å²) in [5, 5.41) is 2.72. The van der Waals surface area contributed by atoms with Crippen LogP contribution in [0.15, 0.2) is 46.7 Å². The molecule has 1 saturated heterocycles. The van der Waals surface area contributed by atoms with Crippen LogP contribution in [0.3, 0.4) is 0 Å². The van der Waals surface area contributed by atoms with Crippen LogP contribution >= 0.6 is 22.9 Å². The molecule has 1 aromatic heterocycles. The predicted molar refractivity (Wildman–Crippen MR) is 119 cm³/mol. The van der Waals surface area contributed by atoms with Crippen LogP contribution in [0.1, 0.15) is 11.1 Å². The summed E-state index contributed by atoms with van der Waals surface area (Å²) in [5.41, 5.74) is 4.40. The minimum absolute atomic E-state index is 0.00806. The van der Waals surface area contributed by atoms with Gasteiger partial charge in [-0.2, -0.15) is 4.31 Å². The zero-order valence-electron chi connectivity index (χ0n) is 16.6. The predicted octanol–water partition coefficient (Wildman–Crippen LogP) is 4.73. The van der Waals surface area contributed by atoms with Crippen LogP contribution in [-0.2, 0) is 10.0 Å². The van der Waals surface area contributed by atoms with E-state index in [1.165, 1.54) is 21.5 Å². The van der Waals surface area contributed by atoms with Crippen LogP contribution in [0.25, 0.3) is 11.3 Å². The number of hydrogen-bond donors (Lipinski definition) is 0. The standard InChI is InChI=1S/C21H21ClFN3O2S2/c1-14-9-15(2)11-16(10-14)20-13-29-21(24-20)25-5-7-26(8-6-25)30(27,28)17-3-4-19(23)18(22)12-17/h3-4,9-13H,5-8H2,1-2H3. The second-order valence-electron chi connectivity index (χ2n) is 7.36. The van der Waals surface area contributed by atoms with Crippen LogP contribution in [0.2, 0.25) is 5.02 Å². The Kier molecular flexibility index (Phi) is 5.85. The zero-order chi connectivity index (χ0) is 21.5. The van der Waals surface area contributed by atoms with Crippen LogP contribution < -0.4 is 4.90 Å². The van der Waals surface area contributed by atoms with Gasteiger partial charge in [-0.05, 0) is 44.2 Å². The van der Waals surface area contributed by atoms with Crippen molar-refractivity contribution in [3.63, 3.8) is 0 Å². The van der Waals surface area contributed by atoms with Gasteiger partial charge in [-0.15, -0.1) is 11.3 Å². The fraction of sp³-hybridized carbons (Fsp3) is 0.286. The van der Waals surface area contributed by atoms with E-state index in [0.717, 1.165) is 28.5 Å². The van der Waals surface area contributed by atoms with E-state index >= 15 is 0 Å². The van der Waals surface area contributed by atoms with Gasteiger partial charge in [-0.25, -0.2) is 17.8 Å². The number of nitrogens with zero attached hydrogens (tertiary/aromatic N) is 3. The fourth-order valence-electron chi connectivity index (χ4n) is 3.57. The molecule has 0 N–H and O–H groups in total. The van der Waals surface area contributed by atoms with Crippen molar-refractivity contribution in [3.05, 3.63) is 63.7 Å². The van der Waals surface area contributed by atoms with Gasteiger partial charge in [0.2, 0.25) is 10.0 Å². The lowest BCUT2D eigenvalue weighted by Gasteiger charge is -2.33. The number of sulfonamides is 1. The Morgan fingerprint density at radius 3 is 2.33 bits per heavy atom. The second-order valence-corrected chi connectivity index (χ2v) is 10.5. The Bertz CT molecular complexity index is 1170. The number of aromatic nitrogens is 1. The van der Waals surface area contributed by atoms with Gasteiger partial charge in [-0.1, -0.05) is 28.8 Å². The molecule has 2 heterocycles. The molecule has 0 atom stereocenters. The van der Waals surface area contributed by atoms with Crippen molar-refractivity contribution in [2.45, 2.75) is 18.7 Å². The molecule has 4 rings (SSSR count). The molecule has 1 fully saturated rings. The van der Waals surface area contributed by atoms with E-state index in [9.17, 15) is 12.8 Å². The number of halogens is 2. The molecule has 158 valence electrons. The van der Waals surface area contributed by atoms with Crippen molar-refractivity contribution in [2.24, 2.45) is 0 Å². The molecular formula is C21H21ClFN3O2S2. The van der Waals surface area contributed by atoms with Crippen LogP contribution in [0.4, 0.5) is 9.52 Å². The highest BCUT2D eigenvalue weighted by molar-refractivity contribution is 7.89. The Morgan fingerprint density at radius 2 is 1.70 bits per heavy atom. The van der Waals surface area contributed by atoms with E-state index in [2.05, 4.69) is 36.9 Å². The molecule has 5 nitrogen and oxygen atoms in total. The van der Waals surface area contributed by atoms with E-state index in [1.807, 2.05) is 5.38 Å². The maximum Gasteiger partial charge on any atom is 0.243 e. The molecule has 0 bridgehead atoms. The number of anilines is 1. The molecule has 2 aromatic carbocycles. The first-order valence-electron chi connectivity index (χ1n) is 9.48. The van der Waals surface area contributed by atoms with Gasteiger partial charge >= 0.3 is 0 Å². The highest BCUT2D eigenvalue weighted by Crippen LogP contribution is 2.30. The number of hydrogen-bond acceptors (Lipinski definition) is 5. The van der Waals surface area contributed by atoms with Crippen LogP contribution in [-0.4, -0.2) is 43.9 Å². The van der Waals surface area contributed by atoms with Gasteiger partial charge in [0.15, 0.2) is 5.13 Å². The van der Waals surface area contributed by atoms with Crippen molar-refractivity contribution in [1.82, 2.24) is 9.29 Å². The molecule has 3 aromatic rings. The first kappa shape index (κ1) is 21.2. The summed E-state index contributed by atoms with van der Waals surface area (Å²) < 4.78 is 40.5. The molecule has 0 spiro atoms. The van der Waals surface area contributed by atoms with Gasteiger partial charge in [0.05, 0.1) is 15.6 Å². The van der Waals surface area contributed by atoms with E-state index in [4.69, 9.17) is 16.6 Å². The summed E-state index contributed by atoms with van der Waals surface area (Å²) in [6.45, 7) is 5.86. The average molecular weight is 466 g/mol. The lowest BCUT2D eigenvalue weighted by atomic mass is 10.1. The SMILES string of the molecule is Cc1cc(C)cc(-c2csc(N3CCN(S(=O)(=O)c4ccc(F)c(Cl)c4)CC3)n2)c1. The third-order valence-corrected chi connectivity index (χ3v) is 8.13. The topological polar surface area (TPSA) is 53.5 Å². The molecular weight excluding hydrogens is 445 g/mol. The number of rotatable bonds is 4. The second kappa shape index (κ2) is 8.26. The zero-order valence-corrected chi connectivity index (χ0v) is 19.0. The number of aryl methyl sites for hydroxylation is 2. The summed E-state index contributed by atoms with van der Waals surface area (Å²) >= 11 is 7.32. The molecule has 0 aliphatic carbocycles. The lowest BCUT2D eigenvalue weighted by Crippen LogP contribution is -2.48.